The molecular formula is C48H59F2N3O6SSi. The number of benzene rings is 3. The summed E-state index contributed by atoms with van der Waals surface area (Å²) in [6, 6.07) is 29.9. The highest BCUT2D eigenvalue weighted by Crippen LogP contribution is 2.47. The third-order valence-electron chi connectivity index (χ3n) is 11.2. The fourth-order valence-electron chi connectivity index (χ4n) is 8.69. The molecule has 61 heavy (non-hydrogen) atoms. The molecule has 2 aromatic heterocycles. The van der Waals surface area contributed by atoms with Crippen molar-refractivity contribution >= 4 is 53.1 Å². The Labute approximate surface area is 363 Å². The van der Waals surface area contributed by atoms with E-state index in [0.717, 1.165) is 26.2 Å². The minimum Gasteiger partial charge on any atom is -0.477 e. The van der Waals surface area contributed by atoms with Gasteiger partial charge in [-0.25, -0.2) is 22.9 Å². The number of aromatic nitrogens is 1. The van der Waals surface area contributed by atoms with Gasteiger partial charge in [-0.3, -0.25) is 4.90 Å². The molecule has 4 heterocycles. The number of alkyl halides is 2. The van der Waals surface area contributed by atoms with E-state index < -0.39 is 61.9 Å². The second kappa shape index (κ2) is 16.6. The zero-order chi connectivity index (χ0) is 44.1. The average molecular weight is 872 g/mol. The summed E-state index contributed by atoms with van der Waals surface area (Å²) in [4.78, 5) is 31.1. The standard InChI is InChI=1S/C48H59F2N3O6SSi/c1-32-27-37-36-23-17-18-24-38(36)53(44(55)59-46(5,6)7)41(37)42(39-25-26-40(60-39)57-33-28-51(29-33)43(54)58-45(2,3)4)52(32)30-48(49,50)31-56-61(47(8,9)10,34-19-13-11-14-20-34)35-21-15-12-16-22-35/h11-26,32-33,42H,27-31H2,1-10H3/t32-,42-/m1/s1. The molecule has 0 N–H and O–H groups in total. The first-order chi connectivity index (χ1) is 28.6. The Kier molecular flexibility index (Phi) is 12.1. The maximum Gasteiger partial charge on any atom is 0.419 e. The molecule has 9 nitrogen and oxygen atoms in total. The summed E-state index contributed by atoms with van der Waals surface area (Å²) in [5.74, 6) is -3.31. The van der Waals surface area contributed by atoms with Crippen molar-refractivity contribution in [3.05, 3.63) is 113 Å². The third-order valence-corrected chi connectivity index (χ3v) is 17.2. The Morgan fingerprint density at radius 2 is 1.31 bits per heavy atom. The van der Waals surface area contributed by atoms with Crippen LogP contribution in [-0.2, 0) is 20.3 Å². The summed E-state index contributed by atoms with van der Waals surface area (Å²) in [5.41, 5.74) is 0.764. The minimum absolute atomic E-state index is 0.257. The molecule has 0 saturated carbocycles. The molecule has 7 rings (SSSR count). The Morgan fingerprint density at radius 3 is 1.89 bits per heavy atom. The van der Waals surface area contributed by atoms with Crippen LogP contribution >= 0.6 is 11.3 Å². The van der Waals surface area contributed by atoms with E-state index >= 15 is 8.78 Å². The summed E-state index contributed by atoms with van der Waals surface area (Å²) in [7, 11) is -3.29. The van der Waals surface area contributed by atoms with Crippen LogP contribution in [0, 0.1) is 0 Å². The summed E-state index contributed by atoms with van der Waals surface area (Å²) < 4.78 is 60.7. The number of rotatable bonds is 10. The van der Waals surface area contributed by atoms with Gasteiger partial charge in [-0.15, -0.1) is 11.3 Å². The normalized spacial score (nSPS) is 18.1. The van der Waals surface area contributed by atoms with Gasteiger partial charge in [0.1, 0.15) is 17.3 Å². The van der Waals surface area contributed by atoms with E-state index in [1.807, 2.05) is 150 Å². The van der Waals surface area contributed by atoms with E-state index in [-0.39, 0.29) is 12.1 Å². The molecule has 2 aliphatic heterocycles. The van der Waals surface area contributed by atoms with Crippen LogP contribution in [0.1, 0.15) is 91.4 Å². The molecule has 2 aliphatic rings. The Morgan fingerprint density at radius 1 is 0.754 bits per heavy atom. The van der Waals surface area contributed by atoms with Crippen LogP contribution in [0.3, 0.4) is 0 Å². The molecule has 1 fully saturated rings. The smallest absolute Gasteiger partial charge is 0.419 e. The van der Waals surface area contributed by atoms with Gasteiger partial charge < -0.3 is 23.5 Å². The van der Waals surface area contributed by atoms with Gasteiger partial charge in [0.15, 0.2) is 5.06 Å². The van der Waals surface area contributed by atoms with E-state index in [4.69, 9.17) is 18.6 Å². The SMILES string of the molecule is C[C@@H]1Cc2c(n(C(=O)OC(C)(C)C)c3ccccc23)[C@@H](c2ccc(OC3CN(C(=O)OC(C)(C)C)C3)s2)N1CC(F)(F)CO[Si](c1ccccc1)(c1ccccc1)C(C)(C)C. The largest absolute Gasteiger partial charge is 0.477 e. The highest BCUT2D eigenvalue weighted by Gasteiger charge is 2.53. The second-order valence-electron chi connectivity index (χ2n) is 19.4. The van der Waals surface area contributed by atoms with Gasteiger partial charge in [-0.1, -0.05) is 99.6 Å². The number of hydrogen-bond acceptors (Lipinski definition) is 8. The Bertz CT molecular complexity index is 2300. The second-order valence-corrected chi connectivity index (χ2v) is 24.8. The summed E-state index contributed by atoms with van der Waals surface area (Å²) in [6.45, 7) is 18.4. The van der Waals surface area contributed by atoms with Gasteiger partial charge in [0.25, 0.3) is 14.2 Å². The van der Waals surface area contributed by atoms with Crippen molar-refractivity contribution < 1.29 is 37.0 Å². The molecule has 0 spiro atoms. The van der Waals surface area contributed by atoms with Gasteiger partial charge >= 0.3 is 12.2 Å². The molecule has 326 valence electrons. The van der Waals surface area contributed by atoms with E-state index in [0.29, 0.717) is 35.8 Å². The van der Waals surface area contributed by atoms with E-state index in [1.54, 1.807) is 9.47 Å². The van der Waals surface area contributed by atoms with Crippen LogP contribution in [0.25, 0.3) is 10.9 Å². The minimum atomic E-state index is -3.31. The quantitative estimate of drug-likeness (QED) is 0.129. The number of amides is 1. The maximum absolute atomic E-state index is 17.2. The number of thiophene rings is 1. The number of carbonyl (C=O) groups excluding carboxylic acids is 2. The maximum atomic E-state index is 17.2. The van der Waals surface area contributed by atoms with Gasteiger partial charge in [-0.2, -0.15) is 0 Å². The summed E-state index contributed by atoms with van der Waals surface area (Å²) in [5, 5.41) is 2.82. The molecule has 0 unspecified atom stereocenters. The first-order valence-corrected chi connectivity index (χ1v) is 23.8. The molecule has 2 atom stereocenters. The van der Waals surface area contributed by atoms with Crippen molar-refractivity contribution in [2.75, 3.05) is 26.2 Å². The van der Waals surface area contributed by atoms with Crippen LogP contribution in [0.2, 0.25) is 5.04 Å². The fraction of sp³-hybridized carbons (Fsp3) is 0.458. The van der Waals surface area contributed by atoms with Crippen LogP contribution in [-0.4, -0.2) is 90.4 Å². The van der Waals surface area contributed by atoms with Gasteiger partial charge in [0.05, 0.1) is 43.5 Å². The van der Waals surface area contributed by atoms with Crippen LogP contribution in [0.4, 0.5) is 18.4 Å². The first-order valence-electron chi connectivity index (χ1n) is 21.1. The zero-order valence-electron chi connectivity index (χ0n) is 37.0. The lowest BCUT2D eigenvalue weighted by molar-refractivity contribution is -0.0820. The number of fused-ring (bicyclic) bond motifs is 3. The van der Waals surface area contributed by atoms with E-state index in [2.05, 4.69) is 20.8 Å². The van der Waals surface area contributed by atoms with Crippen molar-refractivity contribution in [2.24, 2.45) is 0 Å². The number of nitrogens with zero attached hydrogens (tertiary/aromatic N) is 3. The molecule has 3 aromatic carbocycles. The monoisotopic (exact) mass is 871 g/mol. The first kappa shape index (κ1) is 44.5. The number of halogens is 2. The molecule has 0 aliphatic carbocycles. The molecule has 1 saturated heterocycles. The number of para-hydroxylation sites is 1. The van der Waals surface area contributed by atoms with Crippen molar-refractivity contribution in [1.82, 2.24) is 14.4 Å². The predicted molar refractivity (Wildman–Crippen MR) is 240 cm³/mol. The molecule has 1 amide bonds. The zero-order valence-corrected chi connectivity index (χ0v) is 38.8. The molecule has 5 aromatic rings. The summed E-state index contributed by atoms with van der Waals surface area (Å²) >= 11 is 1.36. The van der Waals surface area contributed by atoms with E-state index in [9.17, 15) is 9.59 Å². The number of ether oxygens (including phenoxy) is 3. The van der Waals surface area contributed by atoms with Crippen molar-refractivity contribution in [2.45, 2.75) is 116 Å². The van der Waals surface area contributed by atoms with Crippen LogP contribution in [0.5, 0.6) is 5.06 Å². The van der Waals surface area contributed by atoms with E-state index in [1.165, 1.54) is 11.3 Å². The topological polar surface area (TPSA) is 82.5 Å². The lowest BCUT2D eigenvalue weighted by Gasteiger charge is -2.45. The highest BCUT2D eigenvalue weighted by molar-refractivity contribution is 7.14. The number of likely N-dealkylation sites (tertiary alicyclic amines) is 1. The fourth-order valence-corrected chi connectivity index (χ4v) is 14.3. The molecule has 0 bridgehead atoms. The number of carbonyl (C=O) groups is 2. The predicted octanol–water partition coefficient (Wildman–Crippen LogP) is 10.0. The van der Waals surface area contributed by atoms with Crippen LogP contribution < -0.4 is 15.1 Å². The van der Waals surface area contributed by atoms with Gasteiger partial charge in [0.2, 0.25) is 0 Å². The molecule has 0 radical (unpaired) electrons. The Hall–Kier alpha value is -4.56. The van der Waals surface area contributed by atoms with Crippen molar-refractivity contribution in [3.8, 4) is 5.06 Å². The van der Waals surface area contributed by atoms with Gasteiger partial charge in [0, 0.05) is 16.3 Å². The van der Waals surface area contributed by atoms with Crippen LogP contribution in [0.15, 0.2) is 97.1 Å². The lowest BCUT2D eigenvalue weighted by atomic mass is 9.91. The van der Waals surface area contributed by atoms with Crippen molar-refractivity contribution in [1.29, 1.82) is 0 Å². The third kappa shape index (κ3) is 9.30. The Balaban J connectivity index is 1.26. The molecule has 13 heteroatoms. The van der Waals surface area contributed by atoms with Gasteiger partial charge in [-0.05, 0) is 94.1 Å². The van der Waals surface area contributed by atoms with Crippen molar-refractivity contribution in [3.63, 3.8) is 0 Å². The number of hydrogen-bond donors (Lipinski definition) is 0. The average Bonchev–Trinajstić information content (AvgIpc) is 3.74. The summed E-state index contributed by atoms with van der Waals surface area (Å²) in [6.07, 6.45) is -0.790. The highest BCUT2D eigenvalue weighted by atomic mass is 32.1. The lowest BCUT2D eigenvalue weighted by Crippen LogP contribution is -2.67. The molecular weight excluding hydrogens is 813 g/mol.